The molecule has 3 nitrogen and oxygen atoms in total. The molecule has 0 saturated carbocycles. The number of hydrogen-bond donors (Lipinski definition) is 1. The van der Waals surface area contributed by atoms with Gasteiger partial charge < -0.3 is 5.32 Å². The maximum atomic E-state index is 13.5. The van der Waals surface area contributed by atoms with Gasteiger partial charge in [-0.3, -0.25) is 9.69 Å². The molecule has 128 valence electrons. The summed E-state index contributed by atoms with van der Waals surface area (Å²) in [4.78, 5) is 13.7. The number of aryl methyl sites for hydroxylation is 1. The smallest absolute Gasteiger partial charge is 0.325 e. The monoisotopic (exact) mass is 332 g/mol. The molecule has 1 saturated heterocycles. The zero-order valence-corrected chi connectivity index (χ0v) is 13.1. The Morgan fingerprint density at radius 1 is 1.39 bits per heavy atom. The van der Waals surface area contributed by atoms with Gasteiger partial charge in [0.2, 0.25) is 5.91 Å². The molecule has 2 atom stereocenters. The fourth-order valence-electron chi connectivity index (χ4n) is 2.71. The minimum atomic E-state index is -4.24. The Hall–Kier alpha value is -1.63. The summed E-state index contributed by atoms with van der Waals surface area (Å²) in [6.45, 7) is 3.44. The molecule has 0 aromatic heterocycles. The summed E-state index contributed by atoms with van der Waals surface area (Å²) in [5, 5.41) is 2.56. The first kappa shape index (κ1) is 17.7. The second-order valence-electron chi connectivity index (χ2n) is 6.00. The lowest BCUT2D eigenvalue weighted by atomic mass is 9.96. The van der Waals surface area contributed by atoms with Crippen LogP contribution in [-0.2, 0) is 4.79 Å². The number of carbonyl (C=O) groups excluding carboxylic acids is 1. The largest absolute Gasteiger partial charge is 0.393 e. The highest BCUT2D eigenvalue weighted by Gasteiger charge is 2.43. The minimum Gasteiger partial charge on any atom is -0.325 e. The lowest BCUT2D eigenvalue weighted by Gasteiger charge is -2.36. The van der Waals surface area contributed by atoms with Crippen molar-refractivity contribution in [2.45, 2.75) is 38.9 Å². The predicted molar refractivity (Wildman–Crippen MR) is 79.6 cm³/mol. The van der Waals surface area contributed by atoms with Gasteiger partial charge in [0.25, 0.3) is 0 Å². The van der Waals surface area contributed by atoms with Crippen LogP contribution < -0.4 is 5.32 Å². The average molecular weight is 332 g/mol. The second-order valence-corrected chi connectivity index (χ2v) is 6.00. The maximum Gasteiger partial charge on any atom is 0.393 e. The number of hydrogen-bond acceptors (Lipinski definition) is 2. The number of nitrogens with one attached hydrogen (secondary N) is 1. The van der Waals surface area contributed by atoms with Crippen molar-refractivity contribution in [3.8, 4) is 0 Å². The molecule has 7 heteroatoms. The molecular formula is C16H20F4N2O. The Kier molecular flexibility index (Phi) is 5.29. The molecule has 1 aromatic rings. The number of nitrogens with zero attached hydrogens (tertiary/aromatic N) is 1. The molecule has 1 amide bonds. The van der Waals surface area contributed by atoms with E-state index in [2.05, 4.69) is 5.32 Å². The van der Waals surface area contributed by atoms with Crippen molar-refractivity contribution in [1.82, 2.24) is 4.90 Å². The van der Waals surface area contributed by atoms with Gasteiger partial charge in [0.15, 0.2) is 0 Å². The van der Waals surface area contributed by atoms with Gasteiger partial charge in [0, 0.05) is 12.2 Å². The van der Waals surface area contributed by atoms with Crippen molar-refractivity contribution in [2.24, 2.45) is 5.92 Å². The summed E-state index contributed by atoms with van der Waals surface area (Å²) < 4.78 is 52.0. The average Bonchev–Trinajstić information content (AvgIpc) is 2.49. The van der Waals surface area contributed by atoms with Crippen LogP contribution in [0.2, 0.25) is 0 Å². The minimum absolute atomic E-state index is 0.0948. The molecule has 0 bridgehead atoms. The van der Waals surface area contributed by atoms with Gasteiger partial charge in [-0.2, -0.15) is 13.2 Å². The lowest BCUT2D eigenvalue weighted by Crippen LogP contribution is -2.49. The Bertz CT molecular complexity index is 574. The first-order valence-corrected chi connectivity index (χ1v) is 7.56. The lowest BCUT2D eigenvalue weighted by molar-refractivity contribution is -0.188. The van der Waals surface area contributed by atoms with Crippen LogP contribution >= 0.6 is 0 Å². The molecule has 2 unspecified atom stereocenters. The van der Waals surface area contributed by atoms with Crippen molar-refractivity contribution in [3.63, 3.8) is 0 Å². The Labute approximate surface area is 132 Å². The van der Waals surface area contributed by atoms with Crippen molar-refractivity contribution in [3.05, 3.63) is 29.6 Å². The maximum absolute atomic E-state index is 13.5. The number of anilines is 1. The highest BCUT2D eigenvalue weighted by Crippen LogP contribution is 2.33. The van der Waals surface area contributed by atoms with E-state index in [0.717, 1.165) is 0 Å². The van der Waals surface area contributed by atoms with Crippen LogP contribution in [0.1, 0.15) is 25.3 Å². The van der Waals surface area contributed by atoms with Gasteiger partial charge in [0.1, 0.15) is 5.82 Å². The number of carbonyl (C=O) groups is 1. The fourth-order valence-corrected chi connectivity index (χ4v) is 2.71. The molecule has 1 heterocycles. The molecule has 1 aliphatic heterocycles. The summed E-state index contributed by atoms with van der Waals surface area (Å²) in [5.74, 6) is -2.27. The number of alkyl halides is 3. The van der Waals surface area contributed by atoms with Gasteiger partial charge in [0.05, 0.1) is 12.0 Å². The number of piperidine rings is 1. The molecule has 1 aromatic carbocycles. The summed E-state index contributed by atoms with van der Waals surface area (Å²) >= 11 is 0. The normalized spacial score (nSPS) is 21.0. The molecule has 0 aliphatic carbocycles. The topological polar surface area (TPSA) is 32.3 Å². The van der Waals surface area contributed by atoms with Crippen molar-refractivity contribution >= 4 is 11.6 Å². The van der Waals surface area contributed by atoms with E-state index < -0.39 is 29.9 Å². The van der Waals surface area contributed by atoms with E-state index in [-0.39, 0.29) is 13.0 Å². The second kappa shape index (κ2) is 6.86. The molecule has 0 radical (unpaired) electrons. The number of benzene rings is 1. The van der Waals surface area contributed by atoms with E-state index >= 15 is 0 Å². The van der Waals surface area contributed by atoms with Crippen molar-refractivity contribution in [2.75, 3.05) is 18.4 Å². The molecule has 1 fully saturated rings. The van der Waals surface area contributed by atoms with Crippen LogP contribution in [0.5, 0.6) is 0 Å². The molecule has 0 spiro atoms. The van der Waals surface area contributed by atoms with Crippen LogP contribution in [0.4, 0.5) is 23.2 Å². The van der Waals surface area contributed by atoms with Crippen LogP contribution in [0.15, 0.2) is 18.2 Å². The van der Waals surface area contributed by atoms with E-state index in [9.17, 15) is 22.4 Å². The van der Waals surface area contributed by atoms with Crippen LogP contribution in [0, 0.1) is 18.7 Å². The van der Waals surface area contributed by atoms with E-state index in [1.807, 2.05) is 0 Å². The number of rotatable bonds is 3. The summed E-state index contributed by atoms with van der Waals surface area (Å²) in [6.07, 6.45) is -3.74. The molecule has 2 rings (SSSR count). The quantitative estimate of drug-likeness (QED) is 0.856. The standard InChI is InChI=1S/C16H20F4N2O/c1-10-5-6-13(8-14(10)17)21-15(23)11(2)22-7-3-4-12(9-22)16(18,19)20/h5-6,8,11-12H,3-4,7,9H2,1-2H3,(H,21,23). The Balaban J connectivity index is 2.00. The summed E-state index contributed by atoms with van der Waals surface area (Å²) in [6, 6.07) is 3.60. The van der Waals surface area contributed by atoms with Crippen LogP contribution in [0.25, 0.3) is 0 Å². The van der Waals surface area contributed by atoms with E-state index in [0.29, 0.717) is 24.2 Å². The zero-order chi connectivity index (χ0) is 17.2. The Morgan fingerprint density at radius 2 is 2.09 bits per heavy atom. The van der Waals surface area contributed by atoms with Gasteiger partial charge in [-0.05, 0) is 50.9 Å². The first-order valence-electron chi connectivity index (χ1n) is 7.56. The van der Waals surface area contributed by atoms with Gasteiger partial charge in [-0.1, -0.05) is 6.07 Å². The third-order valence-corrected chi connectivity index (χ3v) is 4.28. The highest BCUT2D eigenvalue weighted by molar-refractivity contribution is 5.94. The third-order valence-electron chi connectivity index (χ3n) is 4.28. The summed E-state index contributed by atoms with van der Waals surface area (Å²) in [5.41, 5.74) is 0.759. The van der Waals surface area contributed by atoms with E-state index in [4.69, 9.17) is 0 Å². The summed E-state index contributed by atoms with van der Waals surface area (Å²) in [7, 11) is 0. The van der Waals surface area contributed by atoms with Crippen LogP contribution in [0.3, 0.4) is 0 Å². The van der Waals surface area contributed by atoms with Crippen LogP contribution in [-0.4, -0.2) is 36.1 Å². The first-order chi connectivity index (χ1) is 10.7. The number of halogens is 4. The third kappa shape index (κ3) is 4.43. The molecule has 1 aliphatic rings. The predicted octanol–water partition coefficient (Wildman–Crippen LogP) is 3.74. The van der Waals surface area contributed by atoms with Gasteiger partial charge in [-0.25, -0.2) is 4.39 Å². The van der Waals surface area contributed by atoms with Gasteiger partial charge in [-0.15, -0.1) is 0 Å². The number of likely N-dealkylation sites (tertiary alicyclic amines) is 1. The van der Waals surface area contributed by atoms with Crippen molar-refractivity contribution < 1.29 is 22.4 Å². The van der Waals surface area contributed by atoms with E-state index in [1.54, 1.807) is 19.9 Å². The molecule has 1 N–H and O–H groups in total. The van der Waals surface area contributed by atoms with Gasteiger partial charge >= 0.3 is 6.18 Å². The van der Waals surface area contributed by atoms with E-state index in [1.165, 1.54) is 17.0 Å². The van der Waals surface area contributed by atoms with Crippen molar-refractivity contribution in [1.29, 1.82) is 0 Å². The fraction of sp³-hybridized carbons (Fsp3) is 0.562. The SMILES string of the molecule is Cc1ccc(NC(=O)C(C)N2CCCC(C(F)(F)F)C2)cc1F. The molecule has 23 heavy (non-hydrogen) atoms. The highest BCUT2D eigenvalue weighted by atomic mass is 19.4. The Morgan fingerprint density at radius 3 is 2.70 bits per heavy atom. The zero-order valence-electron chi connectivity index (χ0n) is 13.1. The number of amides is 1. The molecular weight excluding hydrogens is 312 g/mol.